The molecule has 2 N–H and O–H groups in total. The Morgan fingerprint density at radius 1 is 0.838 bits per heavy atom. The number of anilines is 1. The molecule has 37 heavy (non-hydrogen) atoms. The van der Waals surface area contributed by atoms with Crippen molar-refractivity contribution in [2.75, 3.05) is 25.0 Å². The SMILES string of the molecule is CCNC(=O)c1cccc(NC(=O)COC(=O)c2ccc3c(c2)C(=O)N(CCc2ccccc2)C3=O)c1. The van der Waals surface area contributed by atoms with E-state index < -0.39 is 30.3 Å². The van der Waals surface area contributed by atoms with E-state index in [0.29, 0.717) is 24.2 Å². The Kier molecular flexibility index (Phi) is 7.73. The molecule has 0 spiro atoms. The molecule has 0 bridgehead atoms. The summed E-state index contributed by atoms with van der Waals surface area (Å²) in [7, 11) is 0. The summed E-state index contributed by atoms with van der Waals surface area (Å²) in [6, 6.07) is 20.0. The van der Waals surface area contributed by atoms with Crippen LogP contribution in [0, 0.1) is 0 Å². The van der Waals surface area contributed by atoms with Crippen molar-refractivity contribution in [3.05, 3.63) is 101 Å². The van der Waals surface area contributed by atoms with Crippen LogP contribution >= 0.6 is 0 Å². The first-order valence-corrected chi connectivity index (χ1v) is 11.8. The van der Waals surface area contributed by atoms with Gasteiger partial charge in [0.25, 0.3) is 23.6 Å². The van der Waals surface area contributed by atoms with Gasteiger partial charge in [0.15, 0.2) is 6.61 Å². The van der Waals surface area contributed by atoms with Gasteiger partial charge in [0.05, 0.1) is 16.7 Å². The quantitative estimate of drug-likeness (QED) is 0.345. The molecule has 0 atom stereocenters. The van der Waals surface area contributed by atoms with Gasteiger partial charge >= 0.3 is 5.97 Å². The topological polar surface area (TPSA) is 122 Å². The molecule has 1 aliphatic heterocycles. The van der Waals surface area contributed by atoms with Crippen LogP contribution in [-0.2, 0) is 16.0 Å². The molecule has 0 aliphatic carbocycles. The lowest BCUT2D eigenvalue weighted by Gasteiger charge is -2.13. The molecule has 4 amide bonds. The second kappa shape index (κ2) is 11.3. The van der Waals surface area contributed by atoms with E-state index in [-0.39, 0.29) is 29.1 Å². The van der Waals surface area contributed by atoms with Crippen molar-refractivity contribution in [2.45, 2.75) is 13.3 Å². The molecule has 0 unspecified atom stereocenters. The van der Waals surface area contributed by atoms with Crippen molar-refractivity contribution in [1.29, 1.82) is 0 Å². The van der Waals surface area contributed by atoms with Crippen LogP contribution in [0.4, 0.5) is 5.69 Å². The molecule has 9 heteroatoms. The standard InChI is InChI=1S/C28H25N3O6/c1-2-29-25(33)19-9-6-10-21(15-19)30-24(32)17-37-28(36)20-11-12-22-23(16-20)27(35)31(26(22)34)14-13-18-7-4-3-5-8-18/h3-12,15-16H,2,13-14,17H2,1H3,(H,29,33)(H,30,32). The summed E-state index contributed by atoms with van der Waals surface area (Å²) in [4.78, 5) is 63.5. The molecule has 1 heterocycles. The number of ether oxygens (including phenoxy) is 1. The lowest BCUT2D eigenvalue weighted by atomic mass is 10.1. The van der Waals surface area contributed by atoms with Crippen LogP contribution in [0.5, 0.6) is 0 Å². The second-order valence-corrected chi connectivity index (χ2v) is 8.32. The number of hydrogen-bond donors (Lipinski definition) is 2. The smallest absolute Gasteiger partial charge is 0.338 e. The van der Waals surface area contributed by atoms with E-state index in [1.807, 2.05) is 30.3 Å². The predicted octanol–water partition coefficient (Wildman–Crippen LogP) is 3.07. The highest BCUT2D eigenvalue weighted by atomic mass is 16.5. The third kappa shape index (κ3) is 5.90. The molecular weight excluding hydrogens is 474 g/mol. The van der Waals surface area contributed by atoms with Gasteiger partial charge in [0, 0.05) is 24.3 Å². The molecule has 0 aromatic heterocycles. The zero-order valence-corrected chi connectivity index (χ0v) is 20.2. The summed E-state index contributed by atoms with van der Waals surface area (Å²) in [5.41, 5.74) is 2.15. The molecule has 0 radical (unpaired) electrons. The third-order valence-electron chi connectivity index (χ3n) is 5.75. The van der Waals surface area contributed by atoms with Crippen LogP contribution in [0.2, 0.25) is 0 Å². The predicted molar refractivity (Wildman–Crippen MR) is 135 cm³/mol. The second-order valence-electron chi connectivity index (χ2n) is 8.32. The first-order chi connectivity index (χ1) is 17.9. The maximum absolute atomic E-state index is 12.8. The van der Waals surface area contributed by atoms with E-state index in [4.69, 9.17) is 4.74 Å². The van der Waals surface area contributed by atoms with Gasteiger partial charge in [0.2, 0.25) is 0 Å². The number of nitrogens with one attached hydrogen (secondary N) is 2. The van der Waals surface area contributed by atoms with Gasteiger partial charge in [-0.15, -0.1) is 0 Å². The van der Waals surface area contributed by atoms with Crippen LogP contribution in [-0.4, -0.2) is 54.2 Å². The van der Waals surface area contributed by atoms with Gasteiger partial charge in [0.1, 0.15) is 0 Å². The Morgan fingerprint density at radius 2 is 1.59 bits per heavy atom. The van der Waals surface area contributed by atoms with Gasteiger partial charge in [-0.1, -0.05) is 36.4 Å². The number of imide groups is 1. The molecule has 1 aliphatic rings. The van der Waals surface area contributed by atoms with E-state index in [1.165, 1.54) is 24.3 Å². The van der Waals surface area contributed by atoms with Crippen molar-refractivity contribution < 1.29 is 28.7 Å². The maximum Gasteiger partial charge on any atom is 0.338 e. The van der Waals surface area contributed by atoms with Gasteiger partial charge in [-0.2, -0.15) is 0 Å². The molecule has 4 rings (SSSR count). The number of esters is 1. The molecule has 3 aromatic carbocycles. The summed E-state index contributed by atoms with van der Waals surface area (Å²) < 4.78 is 5.09. The van der Waals surface area contributed by atoms with Crippen molar-refractivity contribution >= 4 is 35.3 Å². The highest BCUT2D eigenvalue weighted by Gasteiger charge is 2.35. The van der Waals surface area contributed by atoms with Crippen LogP contribution in [0.15, 0.2) is 72.8 Å². The van der Waals surface area contributed by atoms with Gasteiger partial charge < -0.3 is 15.4 Å². The number of fused-ring (bicyclic) bond motifs is 1. The monoisotopic (exact) mass is 499 g/mol. The molecule has 3 aromatic rings. The summed E-state index contributed by atoms with van der Waals surface area (Å²) >= 11 is 0. The molecule has 0 saturated carbocycles. The summed E-state index contributed by atoms with van der Waals surface area (Å²) in [6.45, 7) is 1.92. The molecular formula is C28H25N3O6. The van der Waals surface area contributed by atoms with E-state index in [2.05, 4.69) is 10.6 Å². The minimum Gasteiger partial charge on any atom is -0.452 e. The van der Waals surface area contributed by atoms with Crippen molar-refractivity contribution in [1.82, 2.24) is 10.2 Å². The molecule has 0 fully saturated rings. The van der Waals surface area contributed by atoms with Crippen molar-refractivity contribution in [3.63, 3.8) is 0 Å². The third-order valence-corrected chi connectivity index (χ3v) is 5.75. The van der Waals surface area contributed by atoms with Crippen LogP contribution in [0.25, 0.3) is 0 Å². The average molecular weight is 500 g/mol. The number of benzene rings is 3. The first kappa shape index (κ1) is 25.3. The molecule has 0 saturated heterocycles. The Morgan fingerprint density at radius 3 is 2.35 bits per heavy atom. The van der Waals surface area contributed by atoms with E-state index in [0.717, 1.165) is 10.5 Å². The molecule has 9 nitrogen and oxygen atoms in total. The lowest BCUT2D eigenvalue weighted by Crippen LogP contribution is -2.31. The van der Waals surface area contributed by atoms with Crippen molar-refractivity contribution in [3.8, 4) is 0 Å². The average Bonchev–Trinajstić information content (AvgIpc) is 3.15. The van der Waals surface area contributed by atoms with E-state index in [9.17, 15) is 24.0 Å². The minimum atomic E-state index is -0.808. The van der Waals surface area contributed by atoms with Gasteiger partial charge in [-0.3, -0.25) is 24.1 Å². The largest absolute Gasteiger partial charge is 0.452 e. The number of nitrogens with zero attached hydrogens (tertiary/aromatic N) is 1. The number of amides is 4. The van der Waals surface area contributed by atoms with E-state index in [1.54, 1.807) is 25.1 Å². The van der Waals surface area contributed by atoms with E-state index >= 15 is 0 Å². The Bertz CT molecular complexity index is 1370. The Balaban J connectivity index is 1.35. The highest BCUT2D eigenvalue weighted by molar-refractivity contribution is 6.22. The van der Waals surface area contributed by atoms with Gasteiger partial charge in [-0.25, -0.2) is 4.79 Å². The number of rotatable bonds is 9. The van der Waals surface area contributed by atoms with Gasteiger partial charge in [-0.05, 0) is 55.3 Å². The highest BCUT2D eigenvalue weighted by Crippen LogP contribution is 2.25. The van der Waals surface area contributed by atoms with Crippen LogP contribution in [0.1, 0.15) is 53.9 Å². The van der Waals surface area contributed by atoms with Crippen LogP contribution < -0.4 is 10.6 Å². The fourth-order valence-electron chi connectivity index (χ4n) is 3.92. The summed E-state index contributed by atoms with van der Waals surface area (Å²) in [5, 5.41) is 5.24. The van der Waals surface area contributed by atoms with Crippen LogP contribution in [0.3, 0.4) is 0 Å². The lowest BCUT2D eigenvalue weighted by molar-refractivity contribution is -0.119. The fraction of sp³-hybridized carbons (Fsp3) is 0.179. The number of carbonyl (C=O) groups is 5. The molecule has 188 valence electrons. The Hall–Kier alpha value is -4.79. The van der Waals surface area contributed by atoms with Crippen molar-refractivity contribution in [2.24, 2.45) is 0 Å². The number of carbonyl (C=O) groups excluding carboxylic acids is 5. The Labute approximate surface area is 213 Å². The number of hydrogen-bond acceptors (Lipinski definition) is 6. The normalized spacial score (nSPS) is 12.2. The minimum absolute atomic E-state index is 0.0517. The maximum atomic E-state index is 12.8. The zero-order valence-electron chi connectivity index (χ0n) is 20.2. The summed E-state index contributed by atoms with van der Waals surface area (Å²) in [6.07, 6.45) is 0.516. The fourth-order valence-corrected chi connectivity index (χ4v) is 3.92. The summed E-state index contributed by atoms with van der Waals surface area (Å²) in [5.74, 6) is -2.56. The zero-order chi connectivity index (χ0) is 26.4. The first-order valence-electron chi connectivity index (χ1n) is 11.8.